The second-order valence-electron chi connectivity index (χ2n) is 8.07. The summed E-state index contributed by atoms with van der Waals surface area (Å²) in [5.74, 6) is 2.18. The summed E-state index contributed by atoms with van der Waals surface area (Å²) in [5.41, 5.74) is 4.28. The van der Waals surface area contributed by atoms with E-state index in [4.69, 9.17) is 27.9 Å². The molecule has 3 rings (SSSR count). The molecule has 0 bridgehead atoms. The molecule has 0 saturated heterocycles. The number of alkyl halides is 1. The van der Waals surface area contributed by atoms with Gasteiger partial charge in [0.2, 0.25) is 0 Å². The zero-order chi connectivity index (χ0) is 20.1. The third-order valence-corrected chi connectivity index (χ3v) is 7.20. The van der Waals surface area contributed by atoms with Crippen LogP contribution in [-0.4, -0.2) is 25.1 Å². The molecule has 2 aliphatic carbocycles. The number of benzene rings is 1. The molecule has 4 unspecified atom stereocenters. The van der Waals surface area contributed by atoms with E-state index < -0.39 is 0 Å². The van der Waals surface area contributed by atoms with Gasteiger partial charge in [0.25, 0.3) is 0 Å². The minimum atomic E-state index is -0.0541. The van der Waals surface area contributed by atoms with Gasteiger partial charge in [-0.2, -0.15) is 0 Å². The first-order valence-electron chi connectivity index (χ1n) is 10.7. The number of halogens is 2. The first kappa shape index (κ1) is 21.7. The molecule has 2 aliphatic rings. The van der Waals surface area contributed by atoms with Gasteiger partial charge in [0, 0.05) is 11.1 Å². The fourth-order valence-corrected chi connectivity index (χ4v) is 5.15. The molecule has 2 nitrogen and oxygen atoms in total. The highest BCUT2D eigenvalue weighted by Crippen LogP contribution is 2.41. The van der Waals surface area contributed by atoms with E-state index in [0.717, 1.165) is 36.6 Å². The Bertz CT molecular complexity index is 727. The van der Waals surface area contributed by atoms with Crippen molar-refractivity contribution in [2.24, 2.45) is 5.92 Å². The lowest BCUT2D eigenvalue weighted by atomic mass is 9.70. The quantitative estimate of drug-likeness (QED) is 0.479. The summed E-state index contributed by atoms with van der Waals surface area (Å²) in [4.78, 5) is 0. The maximum Gasteiger partial charge on any atom is 0.119 e. The minimum Gasteiger partial charge on any atom is -0.497 e. The minimum absolute atomic E-state index is 0.0541. The average molecular weight is 422 g/mol. The Balaban J connectivity index is 1.73. The summed E-state index contributed by atoms with van der Waals surface area (Å²) in [6, 6.07) is 7.16. The maximum atomic E-state index is 6.24. The molecule has 4 atom stereocenters. The van der Waals surface area contributed by atoms with Gasteiger partial charge >= 0.3 is 0 Å². The van der Waals surface area contributed by atoms with Crippen molar-refractivity contribution >= 4 is 23.2 Å². The van der Waals surface area contributed by atoms with E-state index in [9.17, 15) is 0 Å². The number of ether oxygens (including phenoxy) is 1. The van der Waals surface area contributed by atoms with Crippen LogP contribution in [0.4, 0.5) is 0 Å². The maximum absolute atomic E-state index is 6.24. The van der Waals surface area contributed by atoms with Crippen molar-refractivity contribution in [3.63, 3.8) is 0 Å². The van der Waals surface area contributed by atoms with Crippen molar-refractivity contribution in [3.8, 4) is 5.75 Å². The van der Waals surface area contributed by atoms with Gasteiger partial charge in [-0.3, -0.25) is 0 Å². The van der Waals surface area contributed by atoms with E-state index in [1.54, 1.807) is 7.11 Å². The molecule has 154 valence electrons. The molecule has 0 aromatic heterocycles. The SMILES string of the molecule is CCCC1c2cc(OC)ccc2CC(CC)C1NCCC1=CCC(Cl)C(Cl)=C1. The van der Waals surface area contributed by atoms with Crippen molar-refractivity contribution < 1.29 is 4.74 Å². The lowest BCUT2D eigenvalue weighted by Gasteiger charge is -2.40. The summed E-state index contributed by atoms with van der Waals surface area (Å²) >= 11 is 12.4. The molecule has 1 aromatic carbocycles. The van der Waals surface area contributed by atoms with Crippen LogP contribution in [0.25, 0.3) is 0 Å². The summed E-state index contributed by atoms with van der Waals surface area (Å²) in [5, 5.41) is 4.64. The van der Waals surface area contributed by atoms with E-state index in [2.05, 4.69) is 43.4 Å². The fourth-order valence-electron chi connectivity index (χ4n) is 4.77. The topological polar surface area (TPSA) is 21.3 Å². The van der Waals surface area contributed by atoms with E-state index in [1.807, 2.05) is 6.08 Å². The summed E-state index contributed by atoms with van der Waals surface area (Å²) < 4.78 is 5.52. The number of allylic oxidation sites excluding steroid dienone is 3. The molecule has 0 spiro atoms. The number of hydrogen-bond donors (Lipinski definition) is 1. The zero-order valence-corrected chi connectivity index (χ0v) is 18.8. The Kier molecular flexibility index (Phi) is 7.91. The zero-order valence-electron chi connectivity index (χ0n) is 17.3. The Morgan fingerprint density at radius 3 is 2.75 bits per heavy atom. The average Bonchev–Trinajstić information content (AvgIpc) is 2.71. The van der Waals surface area contributed by atoms with Crippen molar-refractivity contribution in [2.45, 2.75) is 69.7 Å². The van der Waals surface area contributed by atoms with Gasteiger partial charge < -0.3 is 10.1 Å². The third kappa shape index (κ3) is 4.96. The summed E-state index contributed by atoms with van der Waals surface area (Å²) in [6.07, 6.45) is 10.9. The van der Waals surface area contributed by atoms with Crippen LogP contribution >= 0.6 is 23.2 Å². The second kappa shape index (κ2) is 10.2. The smallest absolute Gasteiger partial charge is 0.119 e. The van der Waals surface area contributed by atoms with Crippen LogP contribution in [0.2, 0.25) is 0 Å². The molecule has 0 radical (unpaired) electrons. The van der Waals surface area contributed by atoms with Crippen LogP contribution in [0.3, 0.4) is 0 Å². The summed E-state index contributed by atoms with van der Waals surface area (Å²) in [6.45, 7) is 5.58. The predicted octanol–water partition coefficient (Wildman–Crippen LogP) is 6.57. The molecular weight excluding hydrogens is 389 g/mol. The van der Waals surface area contributed by atoms with E-state index in [0.29, 0.717) is 17.9 Å². The standard InChI is InChI=1S/C24H33Cl2NO/c1-4-6-20-21-15-19(28-3)9-8-18(21)14-17(5-2)24(20)27-12-11-16-7-10-22(25)23(26)13-16/h7-9,13,15,17,20,22,24,27H,4-6,10-12,14H2,1-3H3. The lowest BCUT2D eigenvalue weighted by Crippen LogP contribution is -2.45. The van der Waals surface area contributed by atoms with Gasteiger partial charge in [0.1, 0.15) is 5.75 Å². The molecule has 28 heavy (non-hydrogen) atoms. The number of rotatable bonds is 8. The van der Waals surface area contributed by atoms with E-state index in [-0.39, 0.29) is 5.38 Å². The largest absolute Gasteiger partial charge is 0.497 e. The highest BCUT2D eigenvalue weighted by Gasteiger charge is 2.35. The van der Waals surface area contributed by atoms with Crippen LogP contribution < -0.4 is 10.1 Å². The van der Waals surface area contributed by atoms with Crippen LogP contribution in [0.15, 0.2) is 41.0 Å². The fraction of sp³-hybridized carbons (Fsp3) is 0.583. The Morgan fingerprint density at radius 1 is 1.25 bits per heavy atom. The number of fused-ring (bicyclic) bond motifs is 1. The number of hydrogen-bond acceptors (Lipinski definition) is 2. The molecule has 0 amide bonds. The second-order valence-corrected chi connectivity index (χ2v) is 9.04. The first-order valence-corrected chi connectivity index (χ1v) is 11.5. The van der Waals surface area contributed by atoms with Gasteiger partial charge in [0.15, 0.2) is 0 Å². The molecule has 1 aromatic rings. The lowest BCUT2D eigenvalue weighted by molar-refractivity contribution is 0.267. The van der Waals surface area contributed by atoms with Crippen LogP contribution in [-0.2, 0) is 6.42 Å². The van der Waals surface area contributed by atoms with Crippen LogP contribution in [0.1, 0.15) is 63.0 Å². The van der Waals surface area contributed by atoms with Crippen molar-refractivity contribution in [1.29, 1.82) is 0 Å². The Morgan fingerprint density at radius 2 is 2.07 bits per heavy atom. The Labute approximate surface area is 180 Å². The Hall–Kier alpha value is -0.960. The van der Waals surface area contributed by atoms with Crippen molar-refractivity contribution in [2.75, 3.05) is 13.7 Å². The molecule has 4 heteroatoms. The van der Waals surface area contributed by atoms with E-state index in [1.165, 1.54) is 36.0 Å². The number of nitrogens with one attached hydrogen (secondary N) is 1. The predicted molar refractivity (Wildman–Crippen MR) is 121 cm³/mol. The molecule has 0 aliphatic heterocycles. The van der Waals surface area contributed by atoms with Crippen molar-refractivity contribution in [1.82, 2.24) is 5.32 Å². The summed E-state index contributed by atoms with van der Waals surface area (Å²) in [7, 11) is 1.76. The van der Waals surface area contributed by atoms with Crippen molar-refractivity contribution in [3.05, 3.63) is 52.1 Å². The van der Waals surface area contributed by atoms with Gasteiger partial charge in [0.05, 0.1) is 12.5 Å². The van der Waals surface area contributed by atoms with Gasteiger partial charge in [-0.05, 0) is 79.0 Å². The van der Waals surface area contributed by atoms with Crippen LogP contribution in [0, 0.1) is 5.92 Å². The van der Waals surface area contributed by atoms with Gasteiger partial charge in [-0.15, -0.1) is 11.6 Å². The normalized spacial score (nSPS) is 27.0. The molecule has 1 N–H and O–H groups in total. The van der Waals surface area contributed by atoms with Crippen LogP contribution in [0.5, 0.6) is 5.75 Å². The molecular formula is C24H33Cl2NO. The number of methoxy groups -OCH3 is 1. The third-order valence-electron chi connectivity index (χ3n) is 6.30. The van der Waals surface area contributed by atoms with Gasteiger partial charge in [-0.1, -0.05) is 50.4 Å². The molecule has 0 fully saturated rings. The van der Waals surface area contributed by atoms with E-state index >= 15 is 0 Å². The highest BCUT2D eigenvalue weighted by molar-refractivity contribution is 6.37. The van der Waals surface area contributed by atoms with Gasteiger partial charge in [-0.25, -0.2) is 0 Å². The molecule has 0 saturated carbocycles. The highest BCUT2D eigenvalue weighted by atomic mass is 35.5. The monoisotopic (exact) mass is 421 g/mol. The first-order chi connectivity index (χ1) is 13.6. The molecule has 0 heterocycles.